The number of carbonyl (C=O) groups is 1. The molecule has 0 unspecified atom stereocenters. The van der Waals surface area contributed by atoms with Crippen LogP contribution in [0.3, 0.4) is 0 Å². The van der Waals surface area contributed by atoms with Gasteiger partial charge in [0.2, 0.25) is 5.88 Å². The second-order valence-electron chi connectivity index (χ2n) is 4.69. The molecule has 5 nitrogen and oxygen atoms in total. The van der Waals surface area contributed by atoms with E-state index in [0.717, 1.165) is 10.2 Å². The molecule has 0 aliphatic carbocycles. The van der Waals surface area contributed by atoms with E-state index in [1.54, 1.807) is 0 Å². The largest absolute Gasteiger partial charge is 0.465 e. The summed E-state index contributed by atoms with van der Waals surface area (Å²) in [7, 11) is 0. The molecule has 96 valence electrons. The van der Waals surface area contributed by atoms with Gasteiger partial charge in [0.25, 0.3) is 0 Å². The number of carbonyl (C=O) groups excluding carboxylic acids is 1. The van der Waals surface area contributed by atoms with Crippen molar-refractivity contribution in [3.8, 4) is 5.88 Å². The lowest BCUT2D eigenvalue weighted by Gasteiger charge is -2.19. The number of hydrogen-bond donors (Lipinski definition) is 0. The number of esters is 1. The Labute approximate surface area is 109 Å². The molecule has 0 aliphatic heterocycles. The monoisotopic (exact) mass is 266 g/mol. The van der Waals surface area contributed by atoms with E-state index in [0.29, 0.717) is 5.88 Å². The fraction of sp³-hybridized carbons (Fsp3) is 0.417. The minimum atomic E-state index is -0.510. The summed E-state index contributed by atoms with van der Waals surface area (Å²) in [6, 6.07) is 1.87. The molecule has 6 heteroatoms. The third-order valence-electron chi connectivity index (χ3n) is 1.97. The highest BCUT2D eigenvalue weighted by atomic mass is 32.1. The average Bonchev–Trinajstić information content (AvgIpc) is 2.72. The molecule has 0 saturated heterocycles. The van der Waals surface area contributed by atoms with E-state index in [1.165, 1.54) is 17.7 Å². The minimum Gasteiger partial charge on any atom is -0.465 e. The van der Waals surface area contributed by atoms with E-state index in [1.807, 2.05) is 32.2 Å². The van der Waals surface area contributed by atoms with Crippen LogP contribution in [0.15, 0.2) is 17.8 Å². The maximum absolute atomic E-state index is 11.5. The summed E-state index contributed by atoms with van der Waals surface area (Å²) in [4.78, 5) is 20.5. The van der Waals surface area contributed by atoms with Gasteiger partial charge in [0.05, 0.1) is 5.39 Å². The lowest BCUT2D eigenvalue weighted by molar-refractivity contribution is -0.157. The maximum Gasteiger partial charge on any atom is 0.344 e. The van der Waals surface area contributed by atoms with Crippen LogP contribution < -0.4 is 4.74 Å². The summed E-state index contributed by atoms with van der Waals surface area (Å²) in [5.74, 6) is -0.00315. The number of rotatable bonds is 3. The Kier molecular flexibility index (Phi) is 3.47. The van der Waals surface area contributed by atoms with Crippen molar-refractivity contribution in [3.63, 3.8) is 0 Å². The van der Waals surface area contributed by atoms with Gasteiger partial charge in [0, 0.05) is 0 Å². The second-order valence-corrected chi connectivity index (χ2v) is 5.59. The molecule has 18 heavy (non-hydrogen) atoms. The number of thiophene rings is 1. The topological polar surface area (TPSA) is 61.3 Å². The van der Waals surface area contributed by atoms with Gasteiger partial charge in [-0.3, -0.25) is 0 Å². The highest BCUT2D eigenvalue weighted by Gasteiger charge is 2.17. The summed E-state index contributed by atoms with van der Waals surface area (Å²) in [6.07, 6.45) is 1.42. The SMILES string of the molecule is CC(C)(C)OC(=O)COc1ncnc2sccc12. The van der Waals surface area contributed by atoms with E-state index < -0.39 is 11.6 Å². The van der Waals surface area contributed by atoms with Crippen molar-refractivity contribution in [2.75, 3.05) is 6.61 Å². The van der Waals surface area contributed by atoms with Crippen molar-refractivity contribution >= 4 is 27.5 Å². The van der Waals surface area contributed by atoms with Crippen molar-refractivity contribution in [2.45, 2.75) is 26.4 Å². The number of fused-ring (bicyclic) bond motifs is 1. The Morgan fingerprint density at radius 2 is 2.17 bits per heavy atom. The zero-order chi connectivity index (χ0) is 13.2. The van der Waals surface area contributed by atoms with Crippen molar-refractivity contribution < 1.29 is 14.3 Å². The van der Waals surface area contributed by atoms with E-state index in [2.05, 4.69) is 9.97 Å². The van der Waals surface area contributed by atoms with Crippen LogP contribution in [0.4, 0.5) is 0 Å². The van der Waals surface area contributed by atoms with Crippen molar-refractivity contribution in [1.82, 2.24) is 9.97 Å². The van der Waals surface area contributed by atoms with Gasteiger partial charge in [0.1, 0.15) is 16.8 Å². The predicted octanol–water partition coefficient (Wildman–Crippen LogP) is 2.41. The first-order valence-electron chi connectivity index (χ1n) is 5.48. The molecule has 0 N–H and O–H groups in total. The Balaban J connectivity index is 2.02. The molecule has 0 radical (unpaired) electrons. The maximum atomic E-state index is 11.5. The lowest BCUT2D eigenvalue weighted by atomic mass is 10.2. The van der Waals surface area contributed by atoms with Crippen LogP contribution in [0.5, 0.6) is 5.88 Å². The fourth-order valence-electron chi connectivity index (χ4n) is 1.38. The van der Waals surface area contributed by atoms with Gasteiger partial charge < -0.3 is 9.47 Å². The summed E-state index contributed by atoms with van der Waals surface area (Å²) in [5, 5.41) is 2.71. The number of aromatic nitrogens is 2. The van der Waals surface area contributed by atoms with Gasteiger partial charge >= 0.3 is 5.97 Å². The highest BCUT2D eigenvalue weighted by Crippen LogP contribution is 2.25. The van der Waals surface area contributed by atoms with Crippen LogP contribution in [-0.4, -0.2) is 28.1 Å². The normalized spacial score (nSPS) is 11.5. The lowest BCUT2D eigenvalue weighted by Crippen LogP contribution is -2.27. The van der Waals surface area contributed by atoms with Gasteiger partial charge in [-0.1, -0.05) is 0 Å². The summed E-state index contributed by atoms with van der Waals surface area (Å²) in [5.41, 5.74) is -0.510. The molecule has 2 aromatic heterocycles. The van der Waals surface area contributed by atoms with E-state index in [-0.39, 0.29) is 6.61 Å². The standard InChI is InChI=1S/C12H14N2O3S/c1-12(2,3)17-9(15)6-16-10-8-4-5-18-11(8)14-7-13-10/h4-5,7H,6H2,1-3H3. The Hall–Kier alpha value is -1.69. The van der Waals surface area contributed by atoms with Crippen LogP contribution in [-0.2, 0) is 9.53 Å². The minimum absolute atomic E-state index is 0.154. The predicted molar refractivity (Wildman–Crippen MR) is 68.8 cm³/mol. The van der Waals surface area contributed by atoms with Crippen LogP contribution in [0.2, 0.25) is 0 Å². The van der Waals surface area contributed by atoms with E-state index in [4.69, 9.17) is 9.47 Å². The van der Waals surface area contributed by atoms with Gasteiger partial charge in [-0.25, -0.2) is 14.8 Å². The van der Waals surface area contributed by atoms with Crippen molar-refractivity contribution in [1.29, 1.82) is 0 Å². The molecule has 0 atom stereocenters. The molecule has 2 rings (SSSR count). The molecule has 0 fully saturated rings. The van der Waals surface area contributed by atoms with Crippen LogP contribution in [0, 0.1) is 0 Å². The number of hydrogen-bond acceptors (Lipinski definition) is 6. The first-order chi connectivity index (χ1) is 8.46. The molecule has 0 aliphatic rings. The Morgan fingerprint density at radius 1 is 1.39 bits per heavy atom. The molecule has 0 aromatic carbocycles. The molecule has 2 aromatic rings. The molecule has 0 bridgehead atoms. The Bertz CT molecular complexity index is 560. The average molecular weight is 266 g/mol. The fourth-order valence-corrected chi connectivity index (χ4v) is 2.10. The van der Waals surface area contributed by atoms with Crippen molar-refractivity contribution in [3.05, 3.63) is 17.8 Å². The van der Waals surface area contributed by atoms with Gasteiger partial charge in [-0.2, -0.15) is 0 Å². The Morgan fingerprint density at radius 3 is 2.89 bits per heavy atom. The van der Waals surface area contributed by atoms with Crippen LogP contribution >= 0.6 is 11.3 Å². The molecule has 2 heterocycles. The third kappa shape index (κ3) is 3.16. The van der Waals surface area contributed by atoms with Crippen LogP contribution in [0.1, 0.15) is 20.8 Å². The van der Waals surface area contributed by atoms with Gasteiger partial charge in [0.15, 0.2) is 6.61 Å². The summed E-state index contributed by atoms with van der Waals surface area (Å²) in [6.45, 7) is 5.28. The number of nitrogens with zero attached hydrogens (tertiary/aromatic N) is 2. The molecule has 0 amide bonds. The highest BCUT2D eigenvalue weighted by molar-refractivity contribution is 7.16. The molecule has 0 saturated carbocycles. The molecular formula is C12H14N2O3S. The second kappa shape index (κ2) is 4.89. The zero-order valence-electron chi connectivity index (χ0n) is 10.5. The van der Waals surface area contributed by atoms with Gasteiger partial charge in [-0.15, -0.1) is 11.3 Å². The zero-order valence-corrected chi connectivity index (χ0v) is 11.3. The smallest absolute Gasteiger partial charge is 0.344 e. The first-order valence-corrected chi connectivity index (χ1v) is 6.36. The third-order valence-corrected chi connectivity index (χ3v) is 2.79. The van der Waals surface area contributed by atoms with Crippen LogP contribution in [0.25, 0.3) is 10.2 Å². The van der Waals surface area contributed by atoms with Crippen molar-refractivity contribution in [2.24, 2.45) is 0 Å². The van der Waals surface area contributed by atoms with E-state index >= 15 is 0 Å². The summed E-state index contributed by atoms with van der Waals surface area (Å²) < 4.78 is 10.5. The molecule has 0 spiro atoms. The quantitative estimate of drug-likeness (QED) is 0.798. The van der Waals surface area contributed by atoms with E-state index in [9.17, 15) is 4.79 Å². The number of ether oxygens (including phenoxy) is 2. The summed E-state index contributed by atoms with van der Waals surface area (Å²) >= 11 is 1.50. The molecular weight excluding hydrogens is 252 g/mol. The first kappa shape index (κ1) is 12.8. The van der Waals surface area contributed by atoms with Gasteiger partial charge in [-0.05, 0) is 32.2 Å².